The molecular weight excluding hydrogens is 276 g/mol. The molecule has 0 unspecified atom stereocenters. The molecule has 0 saturated heterocycles. The fraction of sp³-hybridized carbons (Fsp3) is 0.500. The summed E-state index contributed by atoms with van der Waals surface area (Å²) in [6.07, 6.45) is 5.97. The summed E-state index contributed by atoms with van der Waals surface area (Å²) in [6.45, 7) is 2.15. The van der Waals surface area contributed by atoms with Gasteiger partial charge in [0.15, 0.2) is 0 Å². The lowest BCUT2D eigenvalue weighted by Gasteiger charge is -2.10. The van der Waals surface area contributed by atoms with Crippen LogP contribution in [0.5, 0.6) is 0 Å². The van der Waals surface area contributed by atoms with E-state index in [4.69, 9.17) is 5.73 Å². The third kappa shape index (κ3) is 3.09. The number of aryl methyl sites for hydroxylation is 1. The van der Waals surface area contributed by atoms with Crippen LogP contribution in [0.15, 0.2) is 27.7 Å². The molecule has 0 atom stereocenters. The summed E-state index contributed by atoms with van der Waals surface area (Å²) < 4.78 is 1.10. The minimum Gasteiger partial charge on any atom is -0.387 e. The van der Waals surface area contributed by atoms with E-state index >= 15 is 0 Å². The van der Waals surface area contributed by atoms with Gasteiger partial charge in [0.1, 0.15) is 5.84 Å². The number of halogens is 1. The average Bonchev–Trinajstić information content (AvgIpc) is 2.85. The molecule has 1 aromatic rings. The Morgan fingerprint density at radius 1 is 1.41 bits per heavy atom. The Morgan fingerprint density at radius 3 is 2.76 bits per heavy atom. The summed E-state index contributed by atoms with van der Waals surface area (Å²) in [5.74, 6) is 1.32. The SMILES string of the molecule is CCc1cc(Br)ccc1N=C(N)C1CCCC1. The summed E-state index contributed by atoms with van der Waals surface area (Å²) in [6, 6.07) is 6.20. The van der Waals surface area contributed by atoms with Crippen LogP contribution >= 0.6 is 15.9 Å². The molecule has 1 aliphatic rings. The first-order valence-electron chi connectivity index (χ1n) is 6.33. The van der Waals surface area contributed by atoms with Gasteiger partial charge in [-0.1, -0.05) is 35.7 Å². The number of nitrogens with two attached hydrogens (primary N) is 1. The topological polar surface area (TPSA) is 38.4 Å². The molecule has 1 saturated carbocycles. The zero-order valence-electron chi connectivity index (χ0n) is 10.2. The molecule has 2 rings (SSSR count). The Morgan fingerprint density at radius 2 is 2.12 bits per heavy atom. The molecule has 17 heavy (non-hydrogen) atoms. The molecule has 2 N–H and O–H groups in total. The minimum atomic E-state index is 0.503. The summed E-state index contributed by atoms with van der Waals surface area (Å²) in [5.41, 5.74) is 8.39. The molecule has 0 amide bonds. The second-order valence-electron chi connectivity index (χ2n) is 4.64. The minimum absolute atomic E-state index is 0.503. The smallest absolute Gasteiger partial charge is 0.103 e. The van der Waals surface area contributed by atoms with Gasteiger partial charge >= 0.3 is 0 Å². The summed E-state index contributed by atoms with van der Waals surface area (Å²) in [7, 11) is 0. The maximum absolute atomic E-state index is 6.11. The predicted octanol–water partition coefficient (Wildman–Crippen LogP) is 4.19. The standard InChI is InChI=1S/C14H19BrN2/c1-2-10-9-12(15)7-8-13(10)17-14(16)11-5-3-4-6-11/h7-9,11H,2-6H2,1H3,(H2,16,17). The Bertz CT molecular complexity index is 420. The first kappa shape index (κ1) is 12.6. The van der Waals surface area contributed by atoms with Crippen molar-refractivity contribution in [2.45, 2.75) is 39.0 Å². The van der Waals surface area contributed by atoms with Crippen molar-refractivity contribution in [3.05, 3.63) is 28.2 Å². The zero-order valence-corrected chi connectivity index (χ0v) is 11.8. The first-order chi connectivity index (χ1) is 8.20. The Balaban J connectivity index is 2.24. The van der Waals surface area contributed by atoms with E-state index in [1.165, 1.54) is 31.2 Å². The highest BCUT2D eigenvalue weighted by atomic mass is 79.9. The van der Waals surface area contributed by atoms with Gasteiger partial charge in [-0.25, -0.2) is 4.99 Å². The maximum Gasteiger partial charge on any atom is 0.103 e. The van der Waals surface area contributed by atoms with Crippen LogP contribution in [-0.2, 0) is 6.42 Å². The van der Waals surface area contributed by atoms with Gasteiger partial charge in [-0.3, -0.25) is 0 Å². The highest BCUT2D eigenvalue weighted by Crippen LogP contribution is 2.28. The van der Waals surface area contributed by atoms with Gasteiger partial charge in [0, 0.05) is 10.4 Å². The summed E-state index contributed by atoms with van der Waals surface area (Å²) in [5, 5.41) is 0. The summed E-state index contributed by atoms with van der Waals surface area (Å²) in [4.78, 5) is 4.63. The first-order valence-corrected chi connectivity index (χ1v) is 7.12. The van der Waals surface area contributed by atoms with E-state index in [9.17, 15) is 0 Å². The van der Waals surface area contributed by atoms with Gasteiger partial charge < -0.3 is 5.73 Å². The van der Waals surface area contributed by atoms with Crippen LogP contribution in [0.4, 0.5) is 5.69 Å². The Labute approximate surface area is 111 Å². The van der Waals surface area contributed by atoms with Gasteiger partial charge in [0.25, 0.3) is 0 Å². The molecule has 2 nitrogen and oxygen atoms in total. The third-order valence-electron chi connectivity index (χ3n) is 3.45. The average molecular weight is 295 g/mol. The lowest BCUT2D eigenvalue weighted by atomic mass is 10.1. The predicted molar refractivity (Wildman–Crippen MR) is 76.8 cm³/mol. The molecule has 1 aliphatic carbocycles. The Hall–Kier alpha value is -0.830. The van der Waals surface area contributed by atoms with Crippen molar-refractivity contribution in [3.8, 4) is 0 Å². The summed E-state index contributed by atoms with van der Waals surface area (Å²) >= 11 is 3.49. The van der Waals surface area contributed by atoms with E-state index in [0.717, 1.165) is 22.4 Å². The van der Waals surface area contributed by atoms with Gasteiger partial charge in [-0.2, -0.15) is 0 Å². The second kappa shape index (κ2) is 5.67. The van der Waals surface area contributed by atoms with Crippen molar-refractivity contribution in [1.82, 2.24) is 0 Å². The zero-order chi connectivity index (χ0) is 12.3. The lowest BCUT2D eigenvalue weighted by Crippen LogP contribution is -2.20. The fourth-order valence-corrected chi connectivity index (χ4v) is 2.81. The lowest BCUT2D eigenvalue weighted by molar-refractivity contribution is 0.722. The van der Waals surface area contributed by atoms with Gasteiger partial charge in [0.05, 0.1) is 5.69 Å². The van der Waals surface area contributed by atoms with Crippen LogP contribution in [0.2, 0.25) is 0 Å². The van der Waals surface area contributed by atoms with Crippen molar-refractivity contribution >= 4 is 27.5 Å². The van der Waals surface area contributed by atoms with Crippen LogP contribution in [0, 0.1) is 5.92 Å². The van der Waals surface area contributed by atoms with Crippen molar-refractivity contribution in [2.24, 2.45) is 16.6 Å². The Kier molecular flexibility index (Phi) is 4.21. The molecule has 1 aromatic carbocycles. The number of aliphatic imine (C=N–C) groups is 1. The van der Waals surface area contributed by atoms with Crippen LogP contribution in [0.25, 0.3) is 0 Å². The maximum atomic E-state index is 6.11. The van der Waals surface area contributed by atoms with Crippen LogP contribution in [0.3, 0.4) is 0 Å². The van der Waals surface area contributed by atoms with Crippen LogP contribution in [0.1, 0.15) is 38.2 Å². The molecule has 1 fully saturated rings. The highest BCUT2D eigenvalue weighted by molar-refractivity contribution is 9.10. The molecule has 0 spiro atoms. The molecule has 92 valence electrons. The van der Waals surface area contributed by atoms with Crippen LogP contribution in [-0.4, -0.2) is 5.84 Å². The van der Waals surface area contributed by atoms with E-state index < -0.39 is 0 Å². The van der Waals surface area contributed by atoms with Gasteiger partial charge in [-0.05, 0) is 43.0 Å². The van der Waals surface area contributed by atoms with E-state index in [2.05, 4.69) is 33.9 Å². The number of amidine groups is 1. The molecule has 0 heterocycles. The van der Waals surface area contributed by atoms with E-state index in [1.807, 2.05) is 12.1 Å². The van der Waals surface area contributed by atoms with Gasteiger partial charge in [0.2, 0.25) is 0 Å². The second-order valence-corrected chi connectivity index (χ2v) is 5.56. The number of benzene rings is 1. The van der Waals surface area contributed by atoms with Crippen LogP contribution < -0.4 is 5.73 Å². The van der Waals surface area contributed by atoms with Crippen molar-refractivity contribution in [2.75, 3.05) is 0 Å². The molecule has 3 heteroatoms. The number of nitrogens with zero attached hydrogens (tertiary/aromatic N) is 1. The van der Waals surface area contributed by atoms with E-state index in [-0.39, 0.29) is 0 Å². The van der Waals surface area contributed by atoms with E-state index in [1.54, 1.807) is 0 Å². The largest absolute Gasteiger partial charge is 0.387 e. The monoisotopic (exact) mass is 294 g/mol. The molecule has 0 aliphatic heterocycles. The highest BCUT2D eigenvalue weighted by Gasteiger charge is 2.18. The number of hydrogen-bond donors (Lipinski definition) is 1. The molecular formula is C14H19BrN2. The fourth-order valence-electron chi connectivity index (χ4n) is 2.40. The molecule has 0 radical (unpaired) electrons. The van der Waals surface area contributed by atoms with Crippen molar-refractivity contribution in [3.63, 3.8) is 0 Å². The quantitative estimate of drug-likeness (QED) is 0.659. The molecule has 0 bridgehead atoms. The van der Waals surface area contributed by atoms with Gasteiger partial charge in [-0.15, -0.1) is 0 Å². The molecule has 0 aromatic heterocycles. The number of rotatable bonds is 3. The van der Waals surface area contributed by atoms with E-state index in [0.29, 0.717) is 5.92 Å². The normalized spacial score (nSPS) is 17.6. The van der Waals surface area contributed by atoms with Crippen molar-refractivity contribution < 1.29 is 0 Å². The third-order valence-corrected chi connectivity index (χ3v) is 3.94. The van der Waals surface area contributed by atoms with Crippen molar-refractivity contribution in [1.29, 1.82) is 0 Å². The number of hydrogen-bond acceptors (Lipinski definition) is 1.